The van der Waals surface area contributed by atoms with E-state index in [0.29, 0.717) is 16.1 Å². The molecule has 0 spiro atoms. The first-order valence-corrected chi connectivity index (χ1v) is 10.4. The van der Waals surface area contributed by atoms with E-state index < -0.39 is 0 Å². The monoisotopic (exact) mass is 400 g/mol. The SMILES string of the molecule is CCCCC[C@@H](C)NC(=O)CSc1nc2ccccc2c(=O)n1-c1ncn[nH]1. The van der Waals surface area contributed by atoms with E-state index in [1.54, 1.807) is 18.2 Å². The molecule has 9 heteroatoms. The van der Waals surface area contributed by atoms with E-state index in [0.717, 1.165) is 19.3 Å². The molecule has 0 saturated heterocycles. The predicted octanol–water partition coefficient (Wildman–Crippen LogP) is 2.68. The third kappa shape index (κ3) is 4.78. The van der Waals surface area contributed by atoms with Crippen molar-refractivity contribution in [3.05, 3.63) is 40.9 Å². The number of aromatic amines is 1. The Balaban J connectivity index is 1.78. The number of nitrogens with one attached hydrogen (secondary N) is 2. The van der Waals surface area contributed by atoms with Gasteiger partial charge in [0.2, 0.25) is 11.9 Å². The van der Waals surface area contributed by atoms with Crippen LogP contribution in [-0.4, -0.2) is 42.4 Å². The summed E-state index contributed by atoms with van der Waals surface area (Å²) in [6.45, 7) is 4.17. The number of carbonyl (C=O) groups is 1. The Hall–Kier alpha value is -2.68. The summed E-state index contributed by atoms with van der Waals surface area (Å²) in [7, 11) is 0. The van der Waals surface area contributed by atoms with Gasteiger partial charge in [0.05, 0.1) is 16.7 Å². The average molecular weight is 401 g/mol. The number of fused-ring (bicyclic) bond motifs is 1. The van der Waals surface area contributed by atoms with E-state index in [9.17, 15) is 9.59 Å². The van der Waals surface area contributed by atoms with E-state index in [1.165, 1.54) is 29.1 Å². The van der Waals surface area contributed by atoms with E-state index in [1.807, 2.05) is 13.0 Å². The molecule has 28 heavy (non-hydrogen) atoms. The Morgan fingerprint density at radius 2 is 2.14 bits per heavy atom. The Bertz CT molecular complexity index is 986. The lowest BCUT2D eigenvalue weighted by atomic mass is 10.1. The lowest BCUT2D eigenvalue weighted by Gasteiger charge is -2.14. The van der Waals surface area contributed by atoms with Gasteiger partial charge in [-0.1, -0.05) is 50.1 Å². The first-order valence-electron chi connectivity index (χ1n) is 9.39. The fourth-order valence-corrected chi connectivity index (χ4v) is 3.73. The van der Waals surface area contributed by atoms with E-state index in [2.05, 4.69) is 32.4 Å². The number of thioether (sulfide) groups is 1. The minimum absolute atomic E-state index is 0.0828. The maximum Gasteiger partial charge on any atom is 0.269 e. The highest BCUT2D eigenvalue weighted by molar-refractivity contribution is 7.99. The Labute approximate surface area is 167 Å². The van der Waals surface area contributed by atoms with Gasteiger partial charge in [-0.05, 0) is 25.5 Å². The standard InChI is InChI=1S/C19H24N6O2S/c1-3-4-5-8-13(2)22-16(26)11-28-19-23-15-10-7-6-9-14(15)17(27)25(19)18-20-12-21-24-18/h6-7,9-10,12-13H,3-5,8,11H2,1-2H3,(H,22,26)(H,20,21,24)/t13-/m1/s1. The second-order valence-electron chi connectivity index (χ2n) is 6.61. The van der Waals surface area contributed by atoms with Crippen LogP contribution < -0.4 is 10.9 Å². The number of nitrogens with zero attached hydrogens (tertiary/aromatic N) is 4. The van der Waals surface area contributed by atoms with Crippen molar-refractivity contribution in [1.82, 2.24) is 30.0 Å². The fraction of sp³-hybridized carbons (Fsp3) is 0.421. The van der Waals surface area contributed by atoms with Crippen molar-refractivity contribution in [2.24, 2.45) is 0 Å². The number of aromatic nitrogens is 5. The molecule has 0 bridgehead atoms. The molecule has 1 atom stereocenters. The highest BCUT2D eigenvalue weighted by Crippen LogP contribution is 2.19. The second-order valence-corrected chi connectivity index (χ2v) is 7.56. The average Bonchev–Trinajstić information content (AvgIpc) is 3.21. The zero-order valence-electron chi connectivity index (χ0n) is 16.0. The normalized spacial score (nSPS) is 12.2. The van der Waals surface area contributed by atoms with Crippen LogP contribution in [0.3, 0.4) is 0 Å². The van der Waals surface area contributed by atoms with Crippen LogP contribution in [0.1, 0.15) is 39.5 Å². The summed E-state index contributed by atoms with van der Waals surface area (Å²) in [6.07, 6.45) is 5.71. The Morgan fingerprint density at radius 1 is 1.32 bits per heavy atom. The van der Waals surface area contributed by atoms with E-state index in [4.69, 9.17) is 0 Å². The van der Waals surface area contributed by atoms with Gasteiger partial charge < -0.3 is 5.32 Å². The zero-order valence-corrected chi connectivity index (χ0v) is 16.8. The molecule has 2 heterocycles. The van der Waals surface area contributed by atoms with Crippen LogP contribution in [-0.2, 0) is 4.79 Å². The van der Waals surface area contributed by atoms with Gasteiger partial charge in [-0.25, -0.2) is 14.6 Å². The van der Waals surface area contributed by atoms with Crippen LogP contribution >= 0.6 is 11.8 Å². The maximum absolute atomic E-state index is 12.9. The Morgan fingerprint density at radius 3 is 2.89 bits per heavy atom. The minimum atomic E-state index is -0.252. The quantitative estimate of drug-likeness (QED) is 0.325. The molecular formula is C19H24N6O2S. The minimum Gasteiger partial charge on any atom is -0.353 e. The largest absolute Gasteiger partial charge is 0.353 e. The van der Waals surface area contributed by atoms with Crippen molar-refractivity contribution in [3.63, 3.8) is 0 Å². The van der Waals surface area contributed by atoms with Gasteiger partial charge in [0.25, 0.3) is 5.56 Å². The van der Waals surface area contributed by atoms with Gasteiger partial charge in [0, 0.05) is 6.04 Å². The van der Waals surface area contributed by atoms with Gasteiger partial charge in [-0.2, -0.15) is 10.1 Å². The summed E-state index contributed by atoms with van der Waals surface area (Å²) in [5.41, 5.74) is 0.331. The van der Waals surface area contributed by atoms with Gasteiger partial charge in [0.15, 0.2) is 5.16 Å². The van der Waals surface area contributed by atoms with Crippen molar-refractivity contribution in [3.8, 4) is 5.95 Å². The van der Waals surface area contributed by atoms with Gasteiger partial charge in [-0.3, -0.25) is 9.59 Å². The molecule has 2 aromatic heterocycles. The molecule has 8 nitrogen and oxygen atoms in total. The molecular weight excluding hydrogens is 376 g/mol. The summed E-state index contributed by atoms with van der Waals surface area (Å²) in [5.74, 6) is 0.358. The maximum atomic E-state index is 12.9. The first kappa shape index (κ1) is 20.1. The summed E-state index contributed by atoms with van der Waals surface area (Å²) in [5, 5.41) is 10.4. The van der Waals surface area contributed by atoms with Crippen LogP contribution in [0.4, 0.5) is 0 Å². The van der Waals surface area contributed by atoms with Crippen molar-refractivity contribution in [2.75, 3.05) is 5.75 Å². The third-order valence-corrected chi connectivity index (χ3v) is 5.28. The molecule has 3 aromatic rings. The van der Waals surface area contributed by atoms with Crippen molar-refractivity contribution in [1.29, 1.82) is 0 Å². The molecule has 0 fully saturated rings. The smallest absolute Gasteiger partial charge is 0.269 e. The lowest BCUT2D eigenvalue weighted by molar-refractivity contribution is -0.119. The molecule has 3 rings (SSSR count). The van der Waals surface area contributed by atoms with Gasteiger partial charge in [-0.15, -0.1) is 0 Å². The highest BCUT2D eigenvalue weighted by atomic mass is 32.2. The Kier molecular flexibility index (Phi) is 6.80. The summed E-state index contributed by atoms with van der Waals surface area (Å²) in [6, 6.07) is 7.24. The number of unbranched alkanes of at least 4 members (excludes halogenated alkanes) is 2. The number of carbonyl (C=O) groups excluding carboxylic acids is 1. The van der Waals surface area contributed by atoms with Crippen LogP contribution in [0.25, 0.3) is 16.9 Å². The first-order chi connectivity index (χ1) is 13.6. The molecule has 0 aliphatic heterocycles. The number of para-hydroxylation sites is 1. The topological polar surface area (TPSA) is 106 Å². The predicted molar refractivity (Wildman–Crippen MR) is 110 cm³/mol. The van der Waals surface area contributed by atoms with Gasteiger partial charge in [0.1, 0.15) is 6.33 Å². The summed E-state index contributed by atoms with van der Waals surface area (Å²) in [4.78, 5) is 33.9. The number of amides is 1. The number of hydrogen-bond donors (Lipinski definition) is 2. The molecule has 2 N–H and O–H groups in total. The molecule has 0 aliphatic carbocycles. The fourth-order valence-electron chi connectivity index (χ4n) is 2.92. The molecule has 148 valence electrons. The number of H-pyrrole nitrogens is 1. The van der Waals surface area contributed by atoms with Crippen LogP contribution in [0, 0.1) is 0 Å². The van der Waals surface area contributed by atoms with Gasteiger partial charge >= 0.3 is 0 Å². The number of rotatable bonds is 9. The third-order valence-electron chi connectivity index (χ3n) is 4.34. The van der Waals surface area contributed by atoms with Crippen molar-refractivity contribution >= 4 is 28.6 Å². The van der Waals surface area contributed by atoms with Crippen molar-refractivity contribution < 1.29 is 4.79 Å². The van der Waals surface area contributed by atoms with Crippen LogP contribution in [0.15, 0.2) is 40.5 Å². The summed E-state index contributed by atoms with van der Waals surface area (Å²) >= 11 is 1.20. The zero-order chi connectivity index (χ0) is 19.9. The van der Waals surface area contributed by atoms with E-state index in [-0.39, 0.29) is 29.2 Å². The van der Waals surface area contributed by atoms with Crippen LogP contribution in [0.5, 0.6) is 0 Å². The molecule has 1 aromatic carbocycles. The molecule has 0 aliphatic rings. The van der Waals surface area contributed by atoms with Crippen molar-refractivity contribution in [2.45, 2.75) is 50.7 Å². The number of hydrogen-bond acceptors (Lipinski definition) is 6. The van der Waals surface area contributed by atoms with E-state index >= 15 is 0 Å². The lowest BCUT2D eigenvalue weighted by Crippen LogP contribution is -2.34. The number of benzene rings is 1. The molecule has 0 radical (unpaired) electrons. The second kappa shape index (κ2) is 9.50. The molecule has 0 saturated carbocycles. The molecule has 1 amide bonds. The van der Waals surface area contributed by atoms with Crippen LogP contribution in [0.2, 0.25) is 0 Å². The highest BCUT2D eigenvalue weighted by Gasteiger charge is 2.16. The molecule has 0 unspecified atom stereocenters. The summed E-state index contributed by atoms with van der Waals surface area (Å²) < 4.78 is 1.36.